The van der Waals surface area contributed by atoms with Crippen LogP contribution >= 0.6 is 24.0 Å². The maximum Gasteiger partial charge on any atom is 0.224 e. The molecule has 1 saturated heterocycles. The number of likely N-dealkylation sites (tertiary alicyclic amines) is 1. The summed E-state index contributed by atoms with van der Waals surface area (Å²) in [5.74, 6) is 1.01. The Balaban J connectivity index is 0.00000392. The zero-order valence-electron chi connectivity index (χ0n) is 17.4. The lowest BCUT2D eigenvalue weighted by Gasteiger charge is -2.34. The highest BCUT2D eigenvalue weighted by molar-refractivity contribution is 14.0. The third kappa shape index (κ3) is 8.34. The van der Waals surface area contributed by atoms with Gasteiger partial charge in [-0.1, -0.05) is 19.1 Å². The van der Waals surface area contributed by atoms with Crippen LogP contribution in [0.2, 0.25) is 0 Å². The second-order valence-electron chi connectivity index (χ2n) is 6.81. The lowest BCUT2D eigenvalue weighted by molar-refractivity contribution is -0.116. The summed E-state index contributed by atoms with van der Waals surface area (Å²) in [5, 5.41) is 6.35. The second-order valence-corrected chi connectivity index (χ2v) is 6.81. The van der Waals surface area contributed by atoms with Crippen molar-refractivity contribution >= 4 is 41.5 Å². The Morgan fingerprint density at radius 2 is 2.00 bits per heavy atom. The standard InChI is InChI=1S/C21H34N4O2.HI/c1-4-8-20(26)24-18-10-7-9-17(15-18)16-23-21(22-5-2)25-13-11-19(12-14-25)27-6-3;/h7,9-10,15,19H,4-6,8,11-14,16H2,1-3H3,(H,22,23)(H,24,26);1H. The lowest BCUT2D eigenvalue weighted by atomic mass is 10.1. The first-order chi connectivity index (χ1) is 13.2. The predicted molar refractivity (Wildman–Crippen MR) is 126 cm³/mol. The molecular weight excluding hydrogens is 467 g/mol. The van der Waals surface area contributed by atoms with Crippen LogP contribution in [-0.4, -0.2) is 49.1 Å². The van der Waals surface area contributed by atoms with E-state index in [-0.39, 0.29) is 29.9 Å². The van der Waals surface area contributed by atoms with E-state index in [4.69, 9.17) is 9.73 Å². The monoisotopic (exact) mass is 502 g/mol. The largest absolute Gasteiger partial charge is 0.378 e. The number of rotatable bonds is 8. The molecule has 1 heterocycles. The molecule has 1 aliphatic heterocycles. The molecule has 0 aliphatic carbocycles. The molecule has 0 aromatic heterocycles. The third-order valence-electron chi connectivity index (χ3n) is 4.58. The molecule has 1 aromatic rings. The smallest absolute Gasteiger partial charge is 0.224 e. The number of halogens is 1. The summed E-state index contributed by atoms with van der Waals surface area (Å²) in [6.07, 6.45) is 3.85. The summed E-state index contributed by atoms with van der Waals surface area (Å²) in [6, 6.07) is 7.93. The molecule has 2 rings (SSSR count). The van der Waals surface area contributed by atoms with Crippen molar-refractivity contribution in [3.63, 3.8) is 0 Å². The number of piperidine rings is 1. The van der Waals surface area contributed by atoms with Crippen molar-refractivity contribution in [3.05, 3.63) is 29.8 Å². The fourth-order valence-electron chi connectivity index (χ4n) is 3.26. The minimum absolute atomic E-state index is 0. The van der Waals surface area contributed by atoms with E-state index >= 15 is 0 Å². The van der Waals surface area contributed by atoms with Gasteiger partial charge in [-0.05, 0) is 50.8 Å². The minimum Gasteiger partial charge on any atom is -0.378 e. The van der Waals surface area contributed by atoms with Crippen molar-refractivity contribution in [3.8, 4) is 0 Å². The van der Waals surface area contributed by atoms with Crippen molar-refractivity contribution < 1.29 is 9.53 Å². The van der Waals surface area contributed by atoms with Crippen LogP contribution in [0.5, 0.6) is 0 Å². The van der Waals surface area contributed by atoms with E-state index < -0.39 is 0 Å². The van der Waals surface area contributed by atoms with Gasteiger partial charge in [-0.3, -0.25) is 4.79 Å². The van der Waals surface area contributed by atoms with Crippen molar-refractivity contribution in [2.75, 3.05) is 31.6 Å². The number of carbonyl (C=O) groups excluding carboxylic acids is 1. The molecule has 0 spiro atoms. The van der Waals surface area contributed by atoms with Crippen molar-refractivity contribution in [1.29, 1.82) is 0 Å². The Hall–Kier alpha value is -1.35. The maximum atomic E-state index is 11.8. The zero-order valence-corrected chi connectivity index (χ0v) is 19.7. The molecule has 0 bridgehead atoms. The van der Waals surface area contributed by atoms with Crippen LogP contribution in [-0.2, 0) is 16.1 Å². The highest BCUT2D eigenvalue weighted by atomic mass is 127. The van der Waals surface area contributed by atoms with Gasteiger partial charge in [-0.15, -0.1) is 24.0 Å². The van der Waals surface area contributed by atoms with Crippen molar-refractivity contribution in [2.24, 2.45) is 4.99 Å². The molecule has 1 aromatic carbocycles. The van der Waals surface area contributed by atoms with Crippen LogP contribution in [0.3, 0.4) is 0 Å². The summed E-state index contributed by atoms with van der Waals surface area (Å²) in [7, 11) is 0. The summed E-state index contributed by atoms with van der Waals surface area (Å²) < 4.78 is 5.74. The summed E-state index contributed by atoms with van der Waals surface area (Å²) in [6.45, 7) is 10.3. The number of guanidine groups is 1. The van der Waals surface area contributed by atoms with Gasteiger partial charge in [0.15, 0.2) is 5.96 Å². The van der Waals surface area contributed by atoms with Crippen LogP contribution in [0.1, 0.15) is 52.0 Å². The Morgan fingerprint density at radius 1 is 1.25 bits per heavy atom. The molecule has 0 radical (unpaired) electrons. The lowest BCUT2D eigenvalue weighted by Crippen LogP contribution is -2.47. The normalized spacial score (nSPS) is 15.1. The maximum absolute atomic E-state index is 11.8. The minimum atomic E-state index is 0. The van der Waals surface area contributed by atoms with Gasteiger partial charge >= 0.3 is 0 Å². The molecule has 7 heteroatoms. The van der Waals surface area contributed by atoms with Crippen LogP contribution in [0.25, 0.3) is 0 Å². The number of hydrogen-bond donors (Lipinski definition) is 2. The fraction of sp³-hybridized carbons (Fsp3) is 0.619. The van der Waals surface area contributed by atoms with E-state index in [0.717, 1.165) is 62.7 Å². The quantitative estimate of drug-likeness (QED) is 0.321. The number of anilines is 1. The van der Waals surface area contributed by atoms with Gasteiger partial charge in [-0.2, -0.15) is 0 Å². The molecule has 0 saturated carbocycles. The Kier molecular flexibility index (Phi) is 12.1. The summed E-state index contributed by atoms with van der Waals surface area (Å²) in [5.41, 5.74) is 1.92. The van der Waals surface area contributed by atoms with E-state index in [1.807, 2.05) is 31.2 Å². The summed E-state index contributed by atoms with van der Waals surface area (Å²) >= 11 is 0. The second kappa shape index (κ2) is 13.8. The average Bonchev–Trinajstić information content (AvgIpc) is 2.66. The highest BCUT2D eigenvalue weighted by Crippen LogP contribution is 2.15. The van der Waals surface area contributed by atoms with Crippen LogP contribution < -0.4 is 10.6 Å². The van der Waals surface area contributed by atoms with Crippen molar-refractivity contribution in [2.45, 2.75) is 59.1 Å². The SMILES string of the molecule is CCCC(=O)Nc1cccc(CN=C(NCC)N2CCC(OCC)CC2)c1.I. The molecule has 6 nitrogen and oxygen atoms in total. The van der Waals surface area contributed by atoms with E-state index in [9.17, 15) is 4.79 Å². The number of hydrogen-bond acceptors (Lipinski definition) is 3. The topological polar surface area (TPSA) is 66.0 Å². The van der Waals surface area contributed by atoms with Gasteiger partial charge in [0.1, 0.15) is 0 Å². The molecule has 28 heavy (non-hydrogen) atoms. The number of benzene rings is 1. The highest BCUT2D eigenvalue weighted by Gasteiger charge is 2.21. The van der Waals surface area contributed by atoms with Gasteiger partial charge in [0.25, 0.3) is 0 Å². The molecule has 0 atom stereocenters. The third-order valence-corrected chi connectivity index (χ3v) is 4.58. The van der Waals surface area contributed by atoms with Crippen LogP contribution in [0, 0.1) is 0 Å². The van der Waals surface area contributed by atoms with E-state index in [1.54, 1.807) is 0 Å². The van der Waals surface area contributed by atoms with Crippen LogP contribution in [0.4, 0.5) is 5.69 Å². The van der Waals surface area contributed by atoms with Gasteiger partial charge in [-0.25, -0.2) is 4.99 Å². The molecule has 2 N–H and O–H groups in total. The first-order valence-corrected chi connectivity index (χ1v) is 10.2. The van der Waals surface area contributed by atoms with E-state index in [0.29, 0.717) is 19.1 Å². The fourth-order valence-corrected chi connectivity index (χ4v) is 3.26. The van der Waals surface area contributed by atoms with Crippen molar-refractivity contribution in [1.82, 2.24) is 10.2 Å². The number of nitrogens with zero attached hydrogens (tertiary/aromatic N) is 2. The van der Waals surface area contributed by atoms with Gasteiger partial charge in [0.05, 0.1) is 12.6 Å². The molecular formula is C21H35IN4O2. The zero-order chi connectivity index (χ0) is 19.5. The molecule has 0 unspecified atom stereocenters. The molecule has 1 fully saturated rings. The number of aliphatic imine (C=N–C) groups is 1. The molecule has 1 aliphatic rings. The Labute approximate surface area is 186 Å². The summed E-state index contributed by atoms with van der Waals surface area (Å²) in [4.78, 5) is 18.9. The van der Waals surface area contributed by atoms with Gasteiger partial charge < -0.3 is 20.3 Å². The predicted octanol–water partition coefficient (Wildman–Crippen LogP) is 4.01. The number of nitrogens with one attached hydrogen (secondary N) is 2. The van der Waals surface area contributed by atoms with Gasteiger partial charge in [0, 0.05) is 38.3 Å². The Bertz CT molecular complexity index is 616. The number of carbonyl (C=O) groups is 1. The van der Waals surface area contributed by atoms with Gasteiger partial charge in [0.2, 0.25) is 5.91 Å². The van der Waals surface area contributed by atoms with Crippen LogP contribution in [0.15, 0.2) is 29.3 Å². The number of ether oxygens (including phenoxy) is 1. The Morgan fingerprint density at radius 3 is 2.64 bits per heavy atom. The number of amides is 1. The van der Waals surface area contributed by atoms with E-state index in [1.165, 1.54) is 0 Å². The first-order valence-electron chi connectivity index (χ1n) is 10.2. The first kappa shape index (κ1) is 24.7. The average molecular weight is 502 g/mol. The molecule has 158 valence electrons. The van der Waals surface area contributed by atoms with E-state index in [2.05, 4.69) is 29.4 Å². The molecule has 1 amide bonds.